The molecule has 3 rings (SSSR count). The zero-order valence-corrected chi connectivity index (χ0v) is 12.2. The van der Waals surface area contributed by atoms with Gasteiger partial charge in [-0.3, -0.25) is 4.79 Å². The number of likely N-dealkylation sites (tertiary alicyclic amines) is 1. The summed E-state index contributed by atoms with van der Waals surface area (Å²) in [6, 6.07) is 0. The highest BCUT2D eigenvalue weighted by Gasteiger charge is 2.40. The molecule has 3 heterocycles. The zero-order chi connectivity index (χ0) is 15.9. The van der Waals surface area contributed by atoms with Crippen molar-refractivity contribution < 1.29 is 22.5 Å². The highest BCUT2D eigenvalue weighted by atomic mass is 32.1. The number of carbonyl (C=O) groups is 1. The van der Waals surface area contributed by atoms with Gasteiger partial charge < -0.3 is 9.42 Å². The summed E-state index contributed by atoms with van der Waals surface area (Å²) < 4.78 is 41.6. The van der Waals surface area contributed by atoms with E-state index in [4.69, 9.17) is 0 Å². The number of amides is 1. The number of rotatable bonds is 2. The van der Waals surface area contributed by atoms with E-state index in [0.29, 0.717) is 23.5 Å². The van der Waals surface area contributed by atoms with Crippen molar-refractivity contribution >= 4 is 17.2 Å². The Morgan fingerprint density at radius 2 is 2.27 bits per heavy atom. The Hall–Kier alpha value is -1.97. The largest absolute Gasteiger partial charge is 0.471 e. The van der Waals surface area contributed by atoms with Crippen molar-refractivity contribution in [2.75, 3.05) is 13.1 Å². The minimum Gasteiger partial charge on any atom is -0.337 e. The van der Waals surface area contributed by atoms with Crippen LogP contribution in [0.1, 0.15) is 39.4 Å². The molecular formula is C12H11F3N4O2S. The monoisotopic (exact) mass is 332 g/mol. The summed E-state index contributed by atoms with van der Waals surface area (Å²) in [6.45, 7) is 2.45. The Bertz CT molecular complexity index is 697. The predicted molar refractivity (Wildman–Crippen MR) is 69.4 cm³/mol. The van der Waals surface area contributed by atoms with Crippen LogP contribution >= 0.6 is 11.3 Å². The fourth-order valence-corrected chi connectivity index (χ4v) is 3.09. The Morgan fingerprint density at radius 1 is 1.50 bits per heavy atom. The molecular weight excluding hydrogens is 321 g/mol. The van der Waals surface area contributed by atoms with Gasteiger partial charge in [0.05, 0.1) is 11.2 Å². The summed E-state index contributed by atoms with van der Waals surface area (Å²) in [5, 5.41) is 3.38. The number of hydrogen-bond acceptors (Lipinski definition) is 6. The first kappa shape index (κ1) is 14.9. The van der Waals surface area contributed by atoms with Gasteiger partial charge in [-0.2, -0.15) is 18.2 Å². The van der Waals surface area contributed by atoms with Crippen molar-refractivity contribution in [3.63, 3.8) is 0 Å². The fourth-order valence-electron chi connectivity index (χ4n) is 2.32. The molecule has 0 N–H and O–H groups in total. The van der Waals surface area contributed by atoms with E-state index in [1.807, 2.05) is 0 Å². The van der Waals surface area contributed by atoms with Crippen LogP contribution in [0.5, 0.6) is 0 Å². The van der Waals surface area contributed by atoms with Crippen LogP contribution in [-0.2, 0) is 6.18 Å². The van der Waals surface area contributed by atoms with Gasteiger partial charge in [0.15, 0.2) is 5.82 Å². The smallest absolute Gasteiger partial charge is 0.337 e. The second kappa shape index (κ2) is 5.34. The van der Waals surface area contributed by atoms with E-state index in [1.165, 1.54) is 11.3 Å². The quantitative estimate of drug-likeness (QED) is 0.845. The van der Waals surface area contributed by atoms with Crippen LogP contribution in [0.15, 0.2) is 10.0 Å². The van der Waals surface area contributed by atoms with E-state index in [2.05, 4.69) is 19.6 Å². The van der Waals surface area contributed by atoms with Crippen LogP contribution in [0.3, 0.4) is 0 Å². The molecule has 0 radical (unpaired) electrons. The summed E-state index contributed by atoms with van der Waals surface area (Å²) in [6.07, 6.45) is -4.15. The van der Waals surface area contributed by atoms with Crippen molar-refractivity contribution in [3.05, 3.63) is 27.8 Å². The number of carbonyl (C=O) groups excluding carboxylic acids is 1. The van der Waals surface area contributed by atoms with Crippen molar-refractivity contribution in [2.45, 2.75) is 25.4 Å². The minimum atomic E-state index is -4.65. The Balaban J connectivity index is 1.71. The van der Waals surface area contributed by atoms with Gasteiger partial charge in [0, 0.05) is 19.0 Å². The molecule has 0 bridgehead atoms. The summed E-state index contributed by atoms with van der Waals surface area (Å²) in [4.78, 5) is 21.9. The third-order valence-corrected chi connectivity index (χ3v) is 4.38. The van der Waals surface area contributed by atoms with E-state index in [0.717, 1.165) is 0 Å². The van der Waals surface area contributed by atoms with E-state index >= 15 is 0 Å². The second-order valence-electron chi connectivity index (χ2n) is 4.96. The lowest BCUT2D eigenvalue weighted by molar-refractivity contribution is -0.159. The average molecular weight is 332 g/mol. The van der Waals surface area contributed by atoms with Crippen molar-refractivity contribution in [3.8, 4) is 0 Å². The normalized spacial score (nSPS) is 18.9. The first-order chi connectivity index (χ1) is 10.4. The number of thiazole rings is 1. The summed E-state index contributed by atoms with van der Waals surface area (Å²) in [7, 11) is 0. The van der Waals surface area contributed by atoms with Crippen LogP contribution in [0.4, 0.5) is 13.2 Å². The first-order valence-electron chi connectivity index (χ1n) is 6.46. The van der Waals surface area contributed by atoms with Gasteiger partial charge in [0.25, 0.3) is 5.91 Å². The minimum absolute atomic E-state index is 0.0105. The van der Waals surface area contributed by atoms with E-state index in [9.17, 15) is 18.0 Å². The molecule has 1 fully saturated rings. The molecule has 6 nitrogen and oxygen atoms in total. The van der Waals surface area contributed by atoms with Crippen molar-refractivity contribution in [1.29, 1.82) is 0 Å². The molecule has 1 atom stereocenters. The molecule has 2 aromatic heterocycles. The standard InChI is InChI=1S/C12H11F3N4O2S/c1-6-8(22-5-16-6)10(20)19-3-2-7(4-19)9-17-11(21-18-9)12(13,14)15/h5,7H,2-4H2,1H3/t7-/m1/s1. The number of aryl methyl sites for hydroxylation is 1. The lowest BCUT2D eigenvalue weighted by Gasteiger charge is -2.14. The molecule has 2 aromatic rings. The van der Waals surface area contributed by atoms with Gasteiger partial charge in [-0.25, -0.2) is 4.98 Å². The Morgan fingerprint density at radius 3 is 2.86 bits per heavy atom. The molecule has 0 unspecified atom stereocenters. The van der Waals surface area contributed by atoms with Crippen LogP contribution in [0, 0.1) is 6.92 Å². The molecule has 0 spiro atoms. The van der Waals surface area contributed by atoms with E-state index in [1.54, 1.807) is 17.3 Å². The maximum Gasteiger partial charge on any atom is 0.471 e. The SMILES string of the molecule is Cc1ncsc1C(=O)N1CC[C@@H](c2noc(C(F)(F)F)n2)C1. The average Bonchev–Trinajstić information content (AvgIpc) is 3.16. The molecule has 1 amide bonds. The van der Waals surface area contributed by atoms with Gasteiger partial charge in [0.1, 0.15) is 4.88 Å². The molecule has 22 heavy (non-hydrogen) atoms. The second-order valence-corrected chi connectivity index (χ2v) is 5.81. The third-order valence-electron chi connectivity index (χ3n) is 3.46. The number of aromatic nitrogens is 3. The molecule has 118 valence electrons. The van der Waals surface area contributed by atoms with Crippen LogP contribution in [0.2, 0.25) is 0 Å². The lowest BCUT2D eigenvalue weighted by atomic mass is 10.1. The van der Waals surface area contributed by atoms with Gasteiger partial charge >= 0.3 is 12.1 Å². The molecule has 10 heteroatoms. The lowest BCUT2D eigenvalue weighted by Crippen LogP contribution is -2.28. The van der Waals surface area contributed by atoms with Crippen LogP contribution < -0.4 is 0 Å². The number of halogens is 3. The van der Waals surface area contributed by atoms with Crippen molar-refractivity contribution in [1.82, 2.24) is 20.0 Å². The molecule has 1 aliphatic rings. The predicted octanol–water partition coefficient (Wildman–Crippen LogP) is 2.48. The zero-order valence-electron chi connectivity index (χ0n) is 11.4. The summed E-state index contributed by atoms with van der Waals surface area (Å²) in [5.41, 5.74) is 2.24. The molecule has 0 aliphatic carbocycles. The van der Waals surface area contributed by atoms with Gasteiger partial charge in [0.2, 0.25) is 0 Å². The van der Waals surface area contributed by atoms with E-state index in [-0.39, 0.29) is 24.2 Å². The first-order valence-corrected chi connectivity index (χ1v) is 7.34. The molecule has 0 aromatic carbocycles. The molecule has 1 aliphatic heterocycles. The van der Waals surface area contributed by atoms with Gasteiger partial charge in [-0.1, -0.05) is 5.16 Å². The topological polar surface area (TPSA) is 72.1 Å². The number of nitrogens with zero attached hydrogens (tertiary/aromatic N) is 4. The highest BCUT2D eigenvalue weighted by molar-refractivity contribution is 7.11. The molecule has 0 saturated carbocycles. The van der Waals surface area contributed by atoms with Crippen molar-refractivity contribution in [2.24, 2.45) is 0 Å². The van der Waals surface area contributed by atoms with Gasteiger partial charge in [-0.05, 0) is 13.3 Å². The maximum atomic E-state index is 12.5. The van der Waals surface area contributed by atoms with Crippen LogP contribution in [-0.4, -0.2) is 39.0 Å². The number of alkyl halides is 3. The van der Waals surface area contributed by atoms with Gasteiger partial charge in [-0.15, -0.1) is 11.3 Å². The third kappa shape index (κ3) is 2.70. The molecule has 1 saturated heterocycles. The Labute approximate surface area is 127 Å². The van der Waals surface area contributed by atoms with Crippen LogP contribution in [0.25, 0.3) is 0 Å². The summed E-state index contributed by atoms with van der Waals surface area (Å²) >= 11 is 1.25. The van der Waals surface area contributed by atoms with E-state index < -0.39 is 12.1 Å². The highest BCUT2D eigenvalue weighted by Crippen LogP contribution is 2.31. The number of hydrogen-bond donors (Lipinski definition) is 0. The fraction of sp³-hybridized carbons (Fsp3) is 0.500. The summed E-state index contributed by atoms with van der Waals surface area (Å²) in [5.74, 6) is -1.88. The Kier molecular flexibility index (Phi) is 3.63. The maximum absolute atomic E-state index is 12.5.